The molecule has 0 N–H and O–H groups in total. The van der Waals surface area contributed by atoms with Gasteiger partial charge in [0.1, 0.15) is 17.1 Å². The van der Waals surface area contributed by atoms with E-state index < -0.39 is 0 Å². The van der Waals surface area contributed by atoms with E-state index >= 15 is 0 Å². The molecule has 0 radical (unpaired) electrons. The van der Waals surface area contributed by atoms with E-state index in [2.05, 4.69) is 21.1 Å². The van der Waals surface area contributed by atoms with Gasteiger partial charge < -0.3 is 13.8 Å². The predicted octanol–water partition coefficient (Wildman–Crippen LogP) is 2.92. The van der Waals surface area contributed by atoms with Gasteiger partial charge in [-0.2, -0.15) is 0 Å². The third-order valence-corrected chi connectivity index (χ3v) is 3.04. The summed E-state index contributed by atoms with van der Waals surface area (Å²) in [4.78, 5) is 13.8. The number of hydrogen-bond acceptors (Lipinski definition) is 4. The molecule has 5 nitrogen and oxygen atoms in total. The van der Waals surface area contributed by atoms with E-state index in [0.29, 0.717) is 34.0 Å². The fourth-order valence-corrected chi connectivity index (χ4v) is 2.06. The number of amides is 1. The Morgan fingerprint density at radius 1 is 1.44 bits per heavy atom. The Hall–Kier alpha value is -1.56. The molecule has 0 saturated carbocycles. The van der Waals surface area contributed by atoms with E-state index in [-0.39, 0.29) is 5.91 Å². The molecule has 0 fully saturated rings. The summed E-state index contributed by atoms with van der Waals surface area (Å²) in [5.74, 6) is 1.12. The van der Waals surface area contributed by atoms with Crippen LogP contribution in [0.1, 0.15) is 27.6 Å². The molecule has 0 aliphatic carbocycles. The maximum atomic E-state index is 12.2. The largest absolute Gasteiger partial charge is 0.452 e. The molecule has 6 heteroatoms. The number of rotatable bonds is 3. The van der Waals surface area contributed by atoms with Crippen LogP contribution in [0.5, 0.6) is 0 Å². The molecule has 2 aromatic heterocycles. The lowest BCUT2D eigenvalue weighted by Crippen LogP contribution is -2.26. The molecule has 0 atom stereocenters. The molecule has 0 bridgehead atoms. The summed E-state index contributed by atoms with van der Waals surface area (Å²) in [6.07, 6.45) is 0. The summed E-state index contributed by atoms with van der Waals surface area (Å²) >= 11 is 3.23. The van der Waals surface area contributed by atoms with E-state index in [4.69, 9.17) is 8.94 Å². The first-order valence-electron chi connectivity index (χ1n) is 5.41. The molecule has 0 aliphatic heterocycles. The first-order chi connectivity index (χ1) is 8.49. The van der Waals surface area contributed by atoms with E-state index in [0.717, 1.165) is 0 Å². The monoisotopic (exact) mass is 312 g/mol. The molecular formula is C12H13BrN2O3. The van der Waals surface area contributed by atoms with Gasteiger partial charge >= 0.3 is 0 Å². The van der Waals surface area contributed by atoms with Gasteiger partial charge in [-0.25, -0.2) is 0 Å². The molecule has 18 heavy (non-hydrogen) atoms. The number of furan rings is 1. The van der Waals surface area contributed by atoms with Gasteiger partial charge in [0.15, 0.2) is 4.67 Å². The lowest BCUT2D eigenvalue weighted by atomic mass is 10.2. The molecule has 1 amide bonds. The highest BCUT2D eigenvalue weighted by atomic mass is 79.9. The zero-order valence-electron chi connectivity index (χ0n) is 10.4. The van der Waals surface area contributed by atoms with Gasteiger partial charge in [-0.15, -0.1) is 0 Å². The van der Waals surface area contributed by atoms with Crippen LogP contribution in [0, 0.1) is 13.8 Å². The fraction of sp³-hybridized carbons (Fsp3) is 0.333. The highest BCUT2D eigenvalue weighted by Gasteiger charge is 2.21. The molecule has 96 valence electrons. The van der Waals surface area contributed by atoms with Crippen LogP contribution in [0.3, 0.4) is 0 Å². The van der Waals surface area contributed by atoms with Crippen molar-refractivity contribution in [3.8, 4) is 0 Å². The Morgan fingerprint density at radius 3 is 2.67 bits per heavy atom. The van der Waals surface area contributed by atoms with Crippen LogP contribution in [0.2, 0.25) is 0 Å². The molecule has 0 aliphatic rings. The average Bonchev–Trinajstić information content (AvgIpc) is 2.85. The van der Waals surface area contributed by atoms with Crippen LogP contribution in [-0.2, 0) is 6.54 Å². The summed E-state index contributed by atoms with van der Waals surface area (Å²) < 4.78 is 11.0. The maximum absolute atomic E-state index is 12.2. The molecule has 0 saturated heterocycles. The minimum atomic E-state index is -0.126. The van der Waals surface area contributed by atoms with Crippen molar-refractivity contribution in [1.29, 1.82) is 0 Å². The molecular weight excluding hydrogens is 300 g/mol. The van der Waals surface area contributed by atoms with Crippen molar-refractivity contribution in [2.45, 2.75) is 20.4 Å². The van der Waals surface area contributed by atoms with Crippen LogP contribution in [0.15, 0.2) is 25.7 Å². The highest BCUT2D eigenvalue weighted by Crippen LogP contribution is 2.18. The smallest absolute Gasteiger partial charge is 0.259 e. The summed E-state index contributed by atoms with van der Waals surface area (Å²) in [6.45, 7) is 3.88. The van der Waals surface area contributed by atoms with Crippen LogP contribution < -0.4 is 0 Å². The number of nitrogens with zero attached hydrogens (tertiary/aromatic N) is 2. The minimum Gasteiger partial charge on any atom is -0.452 e. The summed E-state index contributed by atoms with van der Waals surface area (Å²) in [6, 6.07) is 3.62. The van der Waals surface area contributed by atoms with Crippen molar-refractivity contribution in [3.05, 3.63) is 39.6 Å². The van der Waals surface area contributed by atoms with Gasteiger partial charge in [0.2, 0.25) is 0 Å². The van der Waals surface area contributed by atoms with E-state index in [1.54, 1.807) is 31.9 Å². The molecule has 0 unspecified atom stereocenters. The van der Waals surface area contributed by atoms with Crippen molar-refractivity contribution in [1.82, 2.24) is 10.1 Å². The second-order valence-electron chi connectivity index (χ2n) is 4.07. The normalized spacial score (nSPS) is 10.7. The van der Waals surface area contributed by atoms with Crippen molar-refractivity contribution in [2.75, 3.05) is 7.05 Å². The zero-order valence-corrected chi connectivity index (χ0v) is 11.9. The topological polar surface area (TPSA) is 59.5 Å². The van der Waals surface area contributed by atoms with Crippen molar-refractivity contribution in [2.24, 2.45) is 0 Å². The van der Waals surface area contributed by atoms with Crippen LogP contribution in [0.4, 0.5) is 0 Å². The Labute approximate surface area is 113 Å². The number of aromatic nitrogens is 1. The van der Waals surface area contributed by atoms with Crippen LogP contribution >= 0.6 is 15.9 Å². The van der Waals surface area contributed by atoms with Gasteiger partial charge in [0, 0.05) is 7.05 Å². The second kappa shape index (κ2) is 4.97. The maximum Gasteiger partial charge on any atom is 0.259 e. The van der Waals surface area contributed by atoms with Gasteiger partial charge in [0.05, 0.1) is 12.2 Å². The molecule has 0 spiro atoms. The van der Waals surface area contributed by atoms with E-state index in [9.17, 15) is 4.79 Å². The van der Waals surface area contributed by atoms with Crippen LogP contribution in [-0.4, -0.2) is 23.0 Å². The summed E-state index contributed by atoms with van der Waals surface area (Å²) in [5.41, 5.74) is 1.12. The molecule has 0 aromatic carbocycles. The number of halogens is 1. The number of carbonyl (C=O) groups excluding carboxylic acids is 1. The average molecular weight is 313 g/mol. The standard InChI is InChI=1S/C12H13BrN2O3/c1-7-11(8(2)18-14-7)12(16)15(3)6-9-4-5-10(13)17-9/h4-5H,6H2,1-3H3. The van der Waals surface area contributed by atoms with Gasteiger partial charge in [0.25, 0.3) is 5.91 Å². The highest BCUT2D eigenvalue weighted by molar-refractivity contribution is 9.10. The Balaban J connectivity index is 2.14. The fourth-order valence-electron chi connectivity index (χ4n) is 1.72. The predicted molar refractivity (Wildman–Crippen MR) is 68.2 cm³/mol. The third-order valence-electron chi connectivity index (χ3n) is 2.62. The zero-order chi connectivity index (χ0) is 13.3. The third kappa shape index (κ3) is 2.48. The lowest BCUT2D eigenvalue weighted by molar-refractivity contribution is 0.0772. The number of hydrogen-bond donors (Lipinski definition) is 0. The van der Waals surface area contributed by atoms with Crippen molar-refractivity contribution in [3.63, 3.8) is 0 Å². The van der Waals surface area contributed by atoms with E-state index in [1.807, 2.05) is 6.07 Å². The first-order valence-corrected chi connectivity index (χ1v) is 6.21. The SMILES string of the molecule is Cc1noc(C)c1C(=O)N(C)Cc1ccc(Br)o1. The Kier molecular flexibility index (Phi) is 3.56. The lowest BCUT2D eigenvalue weighted by Gasteiger charge is -2.15. The van der Waals surface area contributed by atoms with Crippen molar-refractivity contribution < 1.29 is 13.7 Å². The first kappa shape index (κ1) is 12.9. The minimum absolute atomic E-state index is 0.126. The number of carbonyl (C=O) groups is 1. The van der Waals surface area contributed by atoms with Crippen molar-refractivity contribution >= 4 is 21.8 Å². The van der Waals surface area contributed by atoms with Gasteiger partial charge in [-0.3, -0.25) is 4.79 Å². The quantitative estimate of drug-likeness (QED) is 0.874. The molecule has 2 aromatic rings. The number of aryl methyl sites for hydroxylation is 2. The second-order valence-corrected chi connectivity index (χ2v) is 4.85. The molecule has 2 heterocycles. The summed E-state index contributed by atoms with van der Waals surface area (Å²) in [5, 5.41) is 3.78. The Morgan fingerprint density at radius 2 is 2.17 bits per heavy atom. The van der Waals surface area contributed by atoms with E-state index in [1.165, 1.54) is 0 Å². The van der Waals surface area contributed by atoms with Gasteiger partial charge in [-0.1, -0.05) is 5.16 Å². The van der Waals surface area contributed by atoms with Gasteiger partial charge in [-0.05, 0) is 41.9 Å². The van der Waals surface area contributed by atoms with Crippen LogP contribution in [0.25, 0.3) is 0 Å². The Bertz CT molecular complexity index is 554. The molecule has 2 rings (SSSR count). The summed E-state index contributed by atoms with van der Waals surface area (Å²) in [7, 11) is 1.71.